The maximum Gasteiger partial charge on any atom is 0.254 e. The van der Waals surface area contributed by atoms with Gasteiger partial charge in [-0.25, -0.2) is 4.98 Å². The summed E-state index contributed by atoms with van der Waals surface area (Å²) in [6.45, 7) is 0.767. The fourth-order valence-corrected chi connectivity index (χ4v) is 4.55. The number of nitrogens with two attached hydrogens (primary N) is 2. The molecule has 1 aliphatic rings. The lowest BCUT2D eigenvalue weighted by Gasteiger charge is -2.29. The van der Waals surface area contributed by atoms with E-state index in [-0.39, 0.29) is 17.6 Å². The smallest absolute Gasteiger partial charge is 0.254 e. The molecule has 2 atom stereocenters. The van der Waals surface area contributed by atoms with Crippen molar-refractivity contribution in [3.8, 4) is 0 Å². The van der Waals surface area contributed by atoms with Gasteiger partial charge in [0, 0.05) is 36.7 Å². The maximum absolute atomic E-state index is 12.1. The predicted octanol–water partition coefficient (Wildman–Crippen LogP) is 4.00. The van der Waals surface area contributed by atoms with Crippen LogP contribution in [0.1, 0.15) is 41.6 Å². The number of hydrogen-bond donors (Lipinski definition) is 4. The van der Waals surface area contributed by atoms with Crippen molar-refractivity contribution in [3.63, 3.8) is 0 Å². The lowest BCUT2D eigenvalue weighted by Crippen LogP contribution is -2.43. The van der Waals surface area contributed by atoms with E-state index in [4.69, 9.17) is 11.5 Å². The summed E-state index contributed by atoms with van der Waals surface area (Å²) < 4.78 is 2.20. The van der Waals surface area contributed by atoms with E-state index in [0.29, 0.717) is 11.8 Å². The van der Waals surface area contributed by atoms with E-state index in [1.165, 1.54) is 11.8 Å². The summed E-state index contributed by atoms with van der Waals surface area (Å²) in [4.78, 5) is 20.9. The molecule has 1 aliphatic carbocycles. The van der Waals surface area contributed by atoms with Gasteiger partial charge in [0.05, 0.1) is 5.52 Å². The predicted molar refractivity (Wildman–Crippen MR) is 135 cm³/mol. The second kappa shape index (κ2) is 9.52. The van der Waals surface area contributed by atoms with Crippen molar-refractivity contribution in [1.82, 2.24) is 14.5 Å². The molecule has 174 valence electrons. The highest BCUT2D eigenvalue weighted by Crippen LogP contribution is 2.26. The Morgan fingerprint density at radius 2 is 1.91 bits per heavy atom. The molecule has 2 aromatic carbocycles. The monoisotopic (exact) mass is 455 g/mol. The lowest BCUT2D eigenvalue weighted by atomic mass is 9.91. The van der Waals surface area contributed by atoms with Crippen LogP contribution in [0.3, 0.4) is 0 Å². The van der Waals surface area contributed by atoms with Crippen molar-refractivity contribution >= 4 is 34.3 Å². The SMILES string of the molecule is NC(=O)c1cnc(N[C@@H]2CCCC[C@@H]2N)nc1Nc1ccc2ccn(Cc3ccccc3)c2c1. The van der Waals surface area contributed by atoms with Crippen LogP contribution in [0.2, 0.25) is 0 Å². The van der Waals surface area contributed by atoms with Gasteiger partial charge in [-0.15, -0.1) is 0 Å². The Kier molecular flexibility index (Phi) is 6.14. The van der Waals surface area contributed by atoms with Gasteiger partial charge in [-0.3, -0.25) is 4.79 Å². The molecule has 0 unspecified atom stereocenters. The Labute approximate surface area is 198 Å². The minimum absolute atomic E-state index is 0.0596. The van der Waals surface area contributed by atoms with Gasteiger partial charge < -0.3 is 26.7 Å². The average molecular weight is 456 g/mol. The molecule has 4 aromatic rings. The number of aromatic nitrogens is 3. The van der Waals surface area contributed by atoms with Crippen molar-refractivity contribution in [2.75, 3.05) is 10.6 Å². The van der Waals surface area contributed by atoms with Crippen molar-refractivity contribution < 1.29 is 4.79 Å². The molecule has 34 heavy (non-hydrogen) atoms. The molecule has 1 fully saturated rings. The molecular formula is C26H29N7O. The van der Waals surface area contributed by atoms with Crippen LogP contribution in [0.4, 0.5) is 17.5 Å². The summed E-state index contributed by atoms with van der Waals surface area (Å²) in [5, 5.41) is 7.75. The van der Waals surface area contributed by atoms with E-state index < -0.39 is 5.91 Å². The van der Waals surface area contributed by atoms with Gasteiger partial charge in [-0.05, 0) is 42.0 Å². The van der Waals surface area contributed by atoms with Crippen LogP contribution in [0.5, 0.6) is 0 Å². The van der Waals surface area contributed by atoms with E-state index in [9.17, 15) is 4.79 Å². The highest BCUT2D eigenvalue weighted by Gasteiger charge is 2.23. The molecule has 8 nitrogen and oxygen atoms in total. The second-order valence-electron chi connectivity index (χ2n) is 8.85. The van der Waals surface area contributed by atoms with Crippen molar-refractivity contribution in [2.24, 2.45) is 11.5 Å². The third-order valence-corrected chi connectivity index (χ3v) is 6.42. The number of hydrogen-bond acceptors (Lipinski definition) is 6. The molecule has 0 spiro atoms. The Bertz CT molecular complexity index is 1300. The first kappa shape index (κ1) is 21.9. The highest BCUT2D eigenvalue weighted by molar-refractivity contribution is 5.98. The largest absolute Gasteiger partial charge is 0.365 e. The fourth-order valence-electron chi connectivity index (χ4n) is 4.55. The van der Waals surface area contributed by atoms with Crippen LogP contribution in [-0.4, -0.2) is 32.5 Å². The minimum atomic E-state index is -0.586. The zero-order valence-corrected chi connectivity index (χ0v) is 18.9. The van der Waals surface area contributed by atoms with Gasteiger partial charge in [0.1, 0.15) is 11.4 Å². The number of primary amides is 1. The minimum Gasteiger partial charge on any atom is -0.365 e. The Morgan fingerprint density at radius 3 is 2.71 bits per heavy atom. The summed E-state index contributed by atoms with van der Waals surface area (Å²) in [5.74, 6) is 0.218. The van der Waals surface area contributed by atoms with Gasteiger partial charge in [-0.2, -0.15) is 4.98 Å². The summed E-state index contributed by atoms with van der Waals surface area (Å²) in [6, 6.07) is 18.6. The highest BCUT2D eigenvalue weighted by atomic mass is 16.1. The van der Waals surface area contributed by atoms with Gasteiger partial charge in [0.25, 0.3) is 5.91 Å². The standard InChI is InChI=1S/C26H29N7O/c27-21-8-4-5-9-22(21)31-26-29-15-20(24(28)34)25(32-26)30-19-11-10-18-12-13-33(23(18)14-19)16-17-6-2-1-3-7-17/h1-3,6-7,10-15,21-22H,4-5,8-9,16,27H2,(H2,28,34)(H2,29,30,31,32)/t21-,22+/m0/s1. The number of fused-ring (bicyclic) bond motifs is 1. The summed E-state index contributed by atoms with van der Waals surface area (Å²) in [7, 11) is 0. The van der Waals surface area contributed by atoms with Gasteiger partial charge in [-0.1, -0.05) is 49.2 Å². The van der Waals surface area contributed by atoms with Gasteiger partial charge in [0.2, 0.25) is 5.95 Å². The number of nitrogens with zero attached hydrogens (tertiary/aromatic N) is 3. The topological polar surface area (TPSA) is 124 Å². The van der Waals surface area contributed by atoms with Crippen LogP contribution in [-0.2, 0) is 6.54 Å². The lowest BCUT2D eigenvalue weighted by molar-refractivity contribution is 0.100. The molecule has 0 radical (unpaired) electrons. The number of nitrogens with one attached hydrogen (secondary N) is 2. The Hall–Kier alpha value is -3.91. The number of rotatable bonds is 7. The quantitative estimate of drug-likeness (QED) is 0.334. The van der Waals surface area contributed by atoms with E-state index in [0.717, 1.165) is 48.8 Å². The summed E-state index contributed by atoms with van der Waals surface area (Å²) in [6.07, 6.45) is 7.76. The number of anilines is 3. The van der Waals surface area contributed by atoms with Gasteiger partial charge in [0.15, 0.2) is 0 Å². The summed E-state index contributed by atoms with van der Waals surface area (Å²) >= 11 is 0. The first-order valence-electron chi connectivity index (χ1n) is 11.7. The van der Waals surface area contributed by atoms with Gasteiger partial charge >= 0.3 is 0 Å². The average Bonchev–Trinajstić information content (AvgIpc) is 3.23. The molecule has 5 rings (SSSR count). The molecule has 1 amide bonds. The molecule has 0 saturated heterocycles. The molecule has 0 bridgehead atoms. The molecule has 0 aliphatic heterocycles. The van der Waals surface area contributed by atoms with E-state index in [1.54, 1.807) is 0 Å². The number of amides is 1. The van der Waals surface area contributed by atoms with Crippen molar-refractivity contribution in [1.29, 1.82) is 0 Å². The van der Waals surface area contributed by atoms with Crippen LogP contribution >= 0.6 is 0 Å². The van der Waals surface area contributed by atoms with Crippen LogP contribution < -0.4 is 22.1 Å². The zero-order chi connectivity index (χ0) is 23.5. The Morgan fingerprint density at radius 1 is 1.09 bits per heavy atom. The van der Waals surface area contributed by atoms with E-state index in [1.807, 2.05) is 30.3 Å². The molecule has 6 N–H and O–H groups in total. The fraction of sp³-hybridized carbons (Fsp3) is 0.269. The molecule has 8 heteroatoms. The Balaban J connectivity index is 1.42. The molecule has 2 heterocycles. The third-order valence-electron chi connectivity index (χ3n) is 6.42. The molecule has 1 saturated carbocycles. The van der Waals surface area contributed by atoms with Crippen LogP contribution in [0, 0.1) is 0 Å². The third kappa shape index (κ3) is 4.72. The number of carbonyl (C=O) groups excluding carboxylic acids is 1. The van der Waals surface area contributed by atoms with Crippen molar-refractivity contribution in [2.45, 2.75) is 44.3 Å². The first-order chi connectivity index (χ1) is 16.6. The number of benzene rings is 2. The normalized spacial score (nSPS) is 18.0. The van der Waals surface area contributed by atoms with Crippen LogP contribution in [0.15, 0.2) is 67.0 Å². The molecule has 2 aromatic heterocycles. The maximum atomic E-state index is 12.1. The first-order valence-corrected chi connectivity index (χ1v) is 11.7. The van der Waals surface area contributed by atoms with E-state index in [2.05, 4.69) is 55.6 Å². The van der Waals surface area contributed by atoms with E-state index >= 15 is 0 Å². The summed E-state index contributed by atoms with van der Waals surface area (Å²) in [5.41, 5.74) is 15.2. The van der Waals surface area contributed by atoms with Crippen LogP contribution in [0.25, 0.3) is 10.9 Å². The van der Waals surface area contributed by atoms with Crippen molar-refractivity contribution in [3.05, 3.63) is 78.1 Å². The zero-order valence-electron chi connectivity index (χ0n) is 18.9. The molecular weight excluding hydrogens is 426 g/mol. The second-order valence-corrected chi connectivity index (χ2v) is 8.85. The number of carbonyl (C=O) groups is 1.